The smallest absolute Gasteiger partial charge is 0.246 e. The zero-order valence-corrected chi connectivity index (χ0v) is 18.5. The Hall–Kier alpha value is -3.10. The van der Waals surface area contributed by atoms with Crippen molar-refractivity contribution < 1.29 is 4.79 Å². The third-order valence-corrected chi connectivity index (χ3v) is 5.81. The molecule has 2 N–H and O–H groups in total. The van der Waals surface area contributed by atoms with E-state index >= 15 is 0 Å². The van der Waals surface area contributed by atoms with E-state index in [9.17, 15) is 4.79 Å². The van der Waals surface area contributed by atoms with Crippen LogP contribution < -0.4 is 5.32 Å². The Kier molecular flexibility index (Phi) is 5.61. The Morgan fingerprint density at radius 3 is 2.73 bits per heavy atom. The second-order valence-corrected chi connectivity index (χ2v) is 8.46. The number of hydrogen-bond acceptors (Lipinski definition) is 5. The molecule has 0 aliphatic rings. The van der Waals surface area contributed by atoms with Crippen LogP contribution in [0.3, 0.4) is 0 Å². The van der Waals surface area contributed by atoms with Gasteiger partial charge >= 0.3 is 0 Å². The van der Waals surface area contributed by atoms with E-state index in [2.05, 4.69) is 52.5 Å². The van der Waals surface area contributed by atoms with E-state index in [1.165, 1.54) is 16.9 Å². The summed E-state index contributed by atoms with van der Waals surface area (Å²) in [7, 11) is 0. The van der Waals surface area contributed by atoms with Gasteiger partial charge in [0.25, 0.3) is 0 Å². The number of carbonyl (C=O) groups is 1. The molecule has 30 heavy (non-hydrogen) atoms. The van der Waals surface area contributed by atoms with Crippen molar-refractivity contribution in [1.82, 2.24) is 19.7 Å². The van der Waals surface area contributed by atoms with Crippen LogP contribution >= 0.6 is 23.6 Å². The van der Waals surface area contributed by atoms with Crippen LogP contribution in [-0.4, -0.2) is 25.7 Å². The molecule has 2 aromatic heterocycles. The first-order chi connectivity index (χ1) is 14.4. The molecule has 4 aromatic rings. The molecule has 0 spiro atoms. The number of aromatic amines is 1. The second-order valence-electron chi connectivity index (χ2n) is 7.21. The first-order valence-corrected chi connectivity index (χ1v) is 10.7. The zero-order chi connectivity index (χ0) is 21.3. The third kappa shape index (κ3) is 4.24. The fourth-order valence-corrected chi connectivity index (χ4v) is 4.25. The zero-order valence-electron chi connectivity index (χ0n) is 16.9. The van der Waals surface area contributed by atoms with Crippen molar-refractivity contribution in [2.45, 2.75) is 27.3 Å². The number of nitrogens with one attached hydrogen (secondary N) is 2. The summed E-state index contributed by atoms with van der Waals surface area (Å²) in [6, 6.07) is 14.2. The predicted molar refractivity (Wildman–Crippen MR) is 123 cm³/mol. The van der Waals surface area contributed by atoms with Crippen LogP contribution in [0.2, 0.25) is 0 Å². The number of aryl methyl sites for hydroxylation is 3. The van der Waals surface area contributed by atoms with Gasteiger partial charge in [-0.05, 0) is 44.6 Å². The van der Waals surface area contributed by atoms with Gasteiger partial charge in [-0.15, -0.1) is 11.3 Å². The van der Waals surface area contributed by atoms with Crippen LogP contribution in [0.5, 0.6) is 0 Å². The molecule has 1 amide bonds. The summed E-state index contributed by atoms with van der Waals surface area (Å²) >= 11 is 6.74. The molecular weight excluding hydrogens is 414 g/mol. The minimum Gasteiger partial charge on any atom is -0.300 e. The fraction of sp³-hybridized carbons (Fsp3) is 0.182. The van der Waals surface area contributed by atoms with Crippen molar-refractivity contribution in [3.8, 4) is 22.6 Å². The van der Waals surface area contributed by atoms with Crippen LogP contribution in [0, 0.1) is 25.5 Å². The molecule has 8 heteroatoms. The average Bonchev–Trinajstić information content (AvgIpc) is 3.29. The predicted octanol–water partition coefficient (Wildman–Crippen LogP) is 5.30. The minimum absolute atomic E-state index is 0.0527. The SMILES string of the molecule is Cc1cccc(-c2n[nH]c(=S)n2CC(=O)Nc2nc(-c3ccc(C)cc3C)cs2)c1. The largest absolute Gasteiger partial charge is 0.300 e. The van der Waals surface area contributed by atoms with Crippen molar-refractivity contribution >= 4 is 34.6 Å². The van der Waals surface area contributed by atoms with Crippen LogP contribution in [0.1, 0.15) is 16.7 Å². The quantitative estimate of drug-likeness (QED) is 0.417. The highest BCUT2D eigenvalue weighted by atomic mass is 32.1. The summed E-state index contributed by atoms with van der Waals surface area (Å²) in [6.07, 6.45) is 0. The number of rotatable bonds is 5. The fourth-order valence-electron chi connectivity index (χ4n) is 3.33. The number of anilines is 1. The summed E-state index contributed by atoms with van der Waals surface area (Å²) < 4.78 is 2.09. The molecule has 0 unspecified atom stereocenters. The number of amides is 1. The topological polar surface area (TPSA) is 75.6 Å². The molecule has 0 aliphatic carbocycles. The molecule has 2 aromatic carbocycles. The van der Waals surface area contributed by atoms with Crippen LogP contribution in [-0.2, 0) is 11.3 Å². The lowest BCUT2D eigenvalue weighted by atomic mass is 10.0. The van der Waals surface area contributed by atoms with Crippen LogP contribution in [0.4, 0.5) is 5.13 Å². The molecule has 0 fully saturated rings. The summed E-state index contributed by atoms with van der Waals surface area (Å²) in [5.74, 6) is 0.428. The van der Waals surface area contributed by atoms with E-state index in [1.807, 2.05) is 36.6 Å². The number of thiazole rings is 1. The van der Waals surface area contributed by atoms with Gasteiger partial charge < -0.3 is 5.32 Å². The Balaban J connectivity index is 1.52. The minimum atomic E-state index is -0.206. The number of hydrogen-bond donors (Lipinski definition) is 2. The van der Waals surface area contributed by atoms with E-state index in [0.717, 1.165) is 27.9 Å². The van der Waals surface area contributed by atoms with Gasteiger partial charge in [-0.25, -0.2) is 4.98 Å². The molecule has 0 bridgehead atoms. The maximum absolute atomic E-state index is 12.7. The number of H-pyrrole nitrogens is 1. The summed E-state index contributed by atoms with van der Waals surface area (Å²) in [5.41, 5.74) is 6.30. The molecule has 2 heterocycles. The molecule has 0 saturated carbocycles. The van der Waals surface area contributed by atoms with Crippen molar-refractivity contribution in [3.05, 3.63) is 69.3 Å². The van der Waals surface area contributed by atoms with Gasteiger partial charge in [0.2, 0.25) is 5.91 Å². The number of benzene rings is 2. The Bertz CT molecular complexity index is 1280. The molecule has 0 saturated heterocycles. The Morgan fingerprint density at radius 2 is 1.97 bits per heavy atom. The standard InChI is InChI=1S/C22H21N5OS2/c1-13-5-4-6-16(10-13)20-25-26-22(29)27(20)11-19(28)24-21-23-18(12-30-21)17-8-7-14(2)9-15(17)3/h4-10,12H,11H2,1-3H3,(H,26,29)(H,23,24,28). The molecule has 0 radical (unpaired) electrons. The number of carbonyl (C=O) groups excluding carboxylic acids is 1. The van der Waals surface area contributed by atoms with E-state index in [-0.39, 0.29) is 12.5 Å². The van der Waals surface area contributed by atoms with E-state index in [0.29, 0.717) is 15.7 Å². The van der Waals surface area contributed by atoms with Gasteiger partial charge in [-0.3, -0.25) is 14.5 Å². The lowest BCUT2D eigenvalue weighted by Gasteiger charge is -2.07. The molecule has 6 nitrogen and oxygen atoms in total. The van der Waals surface area contributed by atoms with Crippen LogP contribution in [0.25, 0.3) is 22.6 Å². The molecule has 0 atom stereocenters. The van der Waals surface area contributed by atoms with Crippen molar-refractivity contribution in [2.75, 3.05) is 5.32 Å². The van der Waals surface area contributed by atoms with E-state index in [1.54, 1.807) is 4.57 Å². The monoisotopic (exact) mass is 435 g/mol. The number of aromatic nitrogens is 4. The normalized spacial score (nSPS) is 10.9. The Labute approximate surface area is 183 Å². The van der Waals surface area contributed by atoms with E-state index in [4.69, 9.17) is 12.2 Å². The highest BCUT2D eigenvalue weighted by Crippen LogP contribution is 2.28. The highest BCUT2D eigenvalue weighted by molar-refractivity contribution is 7.71. The molecule has 4 rings (SSSR count). The Morgan fingerprint density at radius 1 is 1.17 bits per heavy atom. The highest BCUT2D eigenvalue weighted by Gasteiger charge is 2.14. The van der Waals surface area contributed by atoms with Gasteiger partial charge in [-0.2, -0.15) is 5.10 Å². The maximum Gasteiger partial charge on any atom is 0.246 e. The van der Waals surface area contributed by atoms with Crippen molar-refractivity contribution in [1.29, 1.82) is 0 Å². The number of nitrogens with zero attached hydrogens (tertiary/aromatic N) is 3. The van der Waals surface area contributed by atoms with Crippen molar-refractivity contribution in [3.63, 3.8) is 0 Å². The van der Waals surface area contributed by atoms with Gasteiger partial charge in [-0.1, -0.05) is 47.5 Å². The molecule has 0 aliphatic heterocycles. The van der Waals surface area contributed by atoms with Crippen molar-refractivity contribution in [2.24, 2.45) is 0 Å². The summed E-state index contributed by atoms with van der Waals surface area (Å²) in [5, 5.41) is 12.5. The van der Waals surface area contributed by atoms with Gasteiger partial charge in [0.05, 0.1) is 5.69 Å². The van der Waals surface area contributed by atoms with Gasteiger partial charge in [0, 0.05) is 16.5 Å². The first-order valence-electron chi connectivity index (χ1n) is 9.46. The second kappa shape index (κ2) is 8.33. The van der Waals surface area contributed by atoms with Gasteiger partial charge in [0.15, 0.2) is 15.7 Å². The lowest BCUT2D eigenvalue weighted by molar-refractivity contribution is -0.116. The first kappa shape index (κ1) is 20.2. The van der Waals surface area contributed by atoms with Gasteiger partial charge in [0.1, 0.15) is 6.54 Å². The van der Waals surface area contributed by atoms with Crippen LogP contribution in [0.15, 0.2) is 47.8 Å². The lowest BCUT2D eigenvalue weighted by Crippen LogP contribution is -2.19. The summed E-state index contributed by atoms with van der Waals surface area (Å²) in [4.78, 5) is 17.3. The van der Waals surface area contributed by atoms with E-state index < -0.39 is 0 Å². The summed E-state index contributed by atoms with van der Waals surface area (Å²) in [6.45, 7) is 6.19. The molecular formula is C22H21N5OS2. The average molecular weight is 436 g/mol. The molecule has 152 valence electrons. The maximum atomic E-state index is 12.7. The third-order valence-electron chi connectivity index (χ3n) is 4.74.